The normalized spacial score (nSPS) is 22.7. The minimum absolute atomic E-state index is 0.0628. The van der Waals surface area contributed by atoms with E-state index in [0.717, 1.165) is 51.9 Å². The van der Waals surface area contributed by atoms with Crippen LogP contribution in [0.4, 0.5) is 5.69 Å². The van der Waals surface area contributed by atoms with Gasteiger partial charge in [-0.05, 0) is 72.0 Å². The summed E-state index contributed by atoms with van der Waals surface area (Å²) in [5, 5.41) is 0.786. The zero-order valence-electron chi connectivity index (χ0n) is 20.0. The van der Waals surface area contributed by atoms with Crippen molar-refractivity contribution in [2.45, 2.75) is 45.3 Å². The number of hydrogen-bond donors (Lipinski definition) is 0. The van der Waals surface area contributed by atoms with Gasteiger partial charge < -0.3 is 4.74 Å². The molecule has 1 aliphatic carbocycles. The van der Waals surface area contributed by atoms with Gasteiger partial charge in [-0.2, -0.15) is 0 Å². The van der Waals surface area contributed by atoms with Crippen LogP contribution >= 0.6 is 11.8 Å². The van der Waals surface area contributed by atoms with E-state index in [1.165, 1.54) is 18.2 Å². The van der Waals surface area contributed by atoms with Crippen molar-refractivity contribution in [2.75, 3.05) is 0 Å². The lowest BCUT2D eigenvalue weighted by molar-refractivity contribution is -0.124. The molecule has 1 amide bonds. The molecule has 5 rings (SSSR count). The van der Waals surface area contributed by atoms with E-state index in [4.69, 9.17) is 9.73 Å². The molecule has 1 aliphatic heterocycles. The van der Waals surface area contributed by atoms with Crippen molar-refractivity contribution >= 4 is 34.6 Å². The van der Waals surface area contributed by atoms with Crippen molar-refractivity contribution in [1.82, 2.24) is 4.90 Å². The van der Waals surface area contributed by atoms with Crippen molar-refractivity contribution in [3.63, 3.8) is 0 Å². The summed E-state index contributed by atoms with van der Waals surface area (Å²) in [6.07, 6.45) is 6.55. The van der Waals surface area contributed by atoms with Gasteiger partial charge in [0.05, 0.1) is 10.6 Å². The fourth-order valence-electron chi connectivity index (χ4n) is 4.70. The summed E-state index contributed by atoms with van der Waals surface area (Å²) in [6.45, 7) is 2.79. The number of thioether (sulfide) groups is 1. The standard InChI is InChI=1S/C30H30N2O2S/c1-22-10-8-9-15-27(22)32-29(33)28(35-30(32)31-25-13-6-3-7-14-25)20-23-16-18-26(19-17-23)34-21-24-11-4-2-5-12-24/h2-7,11-14,16-20,22,27H,8-10,15,21H2,1H3/b28-20-,31-30?/t22-,27+/m1/s1. The molecule has 5 heteroatoms. The number of amidine groups is 1. The van der Waals surface area contributed by atoms with E-state index < -0.39 is 0 Å². The smallest absolute Gasteiger partial charge is 0.267 e. The number of amides is 1. The molecule has 3 aromatic carbocycles. The molecule has 0 N–H and O–H groups in total. The molecule has 2 atom stereocenters. The lowest BCUT2D eigenvalue weighted by Gasteiger charge is -2.35. The zero-order chi connectivity index (χ0) is 24.0. The predicted octanol–water partition coefficient (Wildman–Crippen LogP) is 7.45. The minimum atomic E-state index is 0.0628. The average molecular weight is 483 g/mol. The van der Waals surface area contributed by atoms with Crippen molar-refractivity contribution in [3.8, 4) is 5.75 Å². The Balaban J connectivity index is 1.36. The van der Waals surface area contributed by atoms with Crippen LogP contribution in [-0.4, -0.2) is 22.0 Å². The molecule has 3 aromatic rings. The summed E-state index contributed by atoms with van der Waals surface area (Å²) in [6, 6.07) is 28.1. The van der Waals surface area contributed by atoms with Crippen molar-refractivity contribution in [1.29, 1.82) is 0 Å². The summed E-state index contributed by atoms with van der Waals surface area (Å²) < 4.78 is 5.91. The summed E-state index contributed by atoms with van der Waals surface area (Å²) in [5.74, 6) is 1.34. The number of para-hydroxylation sites is 1. The maximum absolute atomic E-state index is 13.6. The number of rotatable bonds is 6. The van der Waals surface area contributed by atoms with E-state index in [1.807, 2.05) is 83.8 Å². The Morgan fingerprint density at radius 1 is 0.943 bits per heavy atom. The molecule has 0 unspecified atom stereocenters. The van der Waals surface area contributed by atoms with E-state index in [2.05, 4.69) is 19.1 Å². The molecule has 1 saturated heterocycles. The SMILES string of the molecule is C[C@@H]1CCCC[C@@H]1N1C(=O)/C(=C/c2ccc(OCc3ccccc3)cc2)SC1=Nc1ccccc1. The van der Waals surface area contributed by atoms with Crippen molar-refractivity contribution in [2.24, 2.45) is 10.9 Å². The topological polar surface area (TPSA) is 41.9 Å². The van der Waals surface area contributed by atoms with Gasteiger partial charge in [0.25, 0.3) is 5.91 Å². The first-order chi connectivity index (χ1) is 17.2. The van der Waals surface area contributed by atoms with E-state index in [1.54, 1.807) is 0 Å². The third-order valence-corrected chi connectivity index (χ3v) is 7.62. The third kappa shape index (κ3) is 5.68. The van der Waals surface area contributed by atoms with Crippen LogP contribution in [0.25, 0.3) is 6.08 Å². The second-order valence-electron chi connectivity index (χ2n) is 9.19. The number of nitrogens with zero attached hydrogens (tertiary/aromatic N) is 2. The number of carbonyl (C=O) groups excluding carboxylic acids is 1. The van der Waals surface area contributed by atoms with Gasteiger partial charge in [0.15, 0.2) is 5.17 Å². The Bertz CT molecular complexity index is 1210. The maximum Gasteiger partial charge on any atom is 0.267 e. The predicted molar refractivity (Wildman–Crippen MR) is 145 cm³/mol. The van der Waals surface area contributed by atoms with Crippen molar-refractivity contribution < 1.29 is 9.53 Å². The van der Waals surface area contributed by atoms with Gasteiger partial charge in [-0.3, -0.25) is 9.69 Å². The highest BCUT2D eigenvalue weighted by atomic mass is 32.2. The summed E-state index contributed by atoms with van der Waals surface area (Å²) in [4.78, 5) is 21.2. The van der Waals surface area contributed by atoms with Crippen LogP contribution in [0.5, 0.6) is 5.75 Å². The average Bonchev–Trinajstić information content (AvgIpc) is 3.19. The molecule has 1 heterocycles. The second kappa shape index (κ2) is 11.0. The molecule has 0 aromatic heterocycles. The van der Waals surface area contributed by atoms with E-state index in [9.17, 15) is 4.79 Å². The number of ether oxygens (including phenoxy) is 1. The molecule has 35 heavy (non-hydrogen) atoms. The second-order valence-corrected chi connectivity index (χ2v) is 10.2. The first kappa shape index (κ1) is 23.4. The molecule has 0 radical (unpaired) electrons. The molecule has 0 spiro atoms. The molecule has 0 bridgehead atoms. The van der Waals surface area contributed by atoms with Gasteiger partial charge >= 0.3 is 0 Å². The largest absolute Gasteiger partial charge is 0.489 e. The van der Waals surface area contributed by atoms with E-state index in [0.29, 0.717) is 12.5 Å². The lowest BCUT2D eigenvalue weighted by Crippen LogP contribution is -2.44. The fraction of sp³-hybridized carbons (Fsp3) is 0.267. The first-order valence-corrected chi connectivity index (χ1v) is 13.1. The number of aliphatic imine (C=N–C) groups is 1. The minimum Gasteiger partial charge on any atom is -0.489 e. The molecule has 2 aliphatic rings. The van der Waals surface area contributed by atoms with Gasteiger partial charge in [-0.15, -0.1) is 0 Å². The van der Waals surface area contributed by atoms with Crippen LogP contribution in [0.15, 0.2) is 94.8 Å². The zero-order valence-corrected chi connectivity index (χ0v) is 20.8. The molecule has 178 valence electrons. The molecule has 4 nitrogen and oxygen atoms in total. The Kier molecular flexibility index (Phi) is 7.34. The highest BCUT2D eigenvalue weighted by Crippen LogP contribution is 2.40. The quantitative estimate of drug-likeness (QED) is 0.343. The van der Waals surface area contributed by atoms with E-state index >= 15 is 0 Å². The van der Waals surface area contributed by atoms with Gasteiger partial charge in [-0.1, -0.05) is 80.4 Å². The maximum atomic E-state index is 13.6. The number of hydrogen-bond acceptors (Lipinski definition) is 4. The Labute approximate surface area is 211 Å². The van der Waals surface area contributed by atoms with Gasteiger partial charge in [0.2, 0.25) is 0 Å². The first-order valence-electron chi connectivity index (χ1n) is 12.3. The molecular formula is C30H30N2O2S. The monoisotopic (exact) mass is 482 g/mol. The van der Waals surface area contributed by atoms with Crippen LogP contribution < -0.4 is 4.74 Å². The molecular weight excluding hydrogens is 452 g/mol. The number of benzene rings is 3. The highest BCUT2D eigenvalue weighted by molar-refractivity contribution is 8.18. The van der Waals surface area contributed by atoms with Crippen LogP contribution in [0.2, 0.25) is 0 Å². The Hall–Kier alpha value is -3.31. The van der Waals surface area contributed by atoms with Crippen LogP contribution in [0.3, 0.4) is 0 Å². The summed E-state index contributed by atoms with van der Waals surface area (Å²) >= 11 is 1.48. The Morgan fingerprint density at radius 3 is 2.34 bits per heavy atom. The fourth-order valence-corrected chi connectivity index (χ4v) is 5.75. The molecule has 1 saturated carbocycles. The van der Waals surface area contributed by atoms with E-state index in [-0.39, 0.29) is 11.9 Å². The van der Waals surface area contributed by atoms with Gasteiger partial charge in [0, 0.05) is 6.04 Å². The van der Waals surface area contributed by atoms with Crippen LogP contribution in [-0.2, 0) is 11.4 Å². The van der Waals surface area contributed by atoms with Gasteiger partial charge in [-0.25, -0.2) is 4.99 Å². The van der Waals surface area contributed by atoms with Crippen LogP contribution in [0, 0.1) is 5.92 Å². The van der Waals surface area contributed by atoms with Crippen molar-refractivity contribution in [3.05, 3.63) is 101 Å². The Morgan fingerprint density at radius 2 is 1.63 bits per heavy atom. The molecule has 2 fully saturated rings. The summed E-state index contributed by atoms with van der Waals surface area (Å²) in [7, 11) is 0. The van der Waals surface area contributed by atoms with Crippen LogP contribution in [0.1, 0.15) is 43.7 Å². The lowest BCUT2D eigenvalue weighted by atomic mass is 9.85. The van der Waals surface area contributed by atoms with Gasteiger partial charge in [0.1, 0.15) is 12.4 Å². The number of carbonyl (C=O) groups is 1. The third-order valence-electron chi connectivity index (χ3n) is 6.64. The highest BCUT2D eigenvalue weighted by Gasteiger charge is 2.41. The summed E-state index contributed by atoms with van der Waals surface area (Å²) in [5.41, 5.74) is 2.98.